The van der Waals surface area contributed by atoms with E-state index in [1.807, 2.05) is 27.3 Å². The quantitative estimate of drug-likeness (QED) is 0.441. The van der Waals surface area contributed by atoms with E-state index in [1.165, 1.54) is 14.1 Å². The van der Waals surface area contributed by atoms with E-state index in [4.69, 9.17) is 8.92 Å². The average Bonchev–Trinajstić information content (AvgIpc) is 2.52. The molecule has 88 valence electrons. The lowest BCUT2D eigenvalue weighted by atomic mass is 10.3. The fourth-order valence-electron chi connectivity index (χ4n) is 1.12. The number of carbonyl (C=O) groups excluding carboxylic acids is 1. The molecule has 6 heteroatoms. The van der Waals surface area contributed by atoms with E-state index in [0.29, 0.717) is 6.54 Å². The number of amides is 1. The number of halogens is 1. The van der Waals surface area contributed by atoms with Gasteiger partial charge >= 0.3 is 6.09 Å². The SMILES string of the molecule is C=CCOC(=O)N1C=CC(OSI)=CCC1. The van der Waals surface area contributed by atoms with Gasteiger partial charge in [-0.05, 0) is 18.6 Å². The Kier molecular flexibility index (Phi) is 6.39. The number of hydrogen-bond donors (Lipinski definition) is 0. The van der Waals surface area contributed by atoms with Crippen molar-refractivity contribution >= 4 is 36.5 Å². The first-order valence-corrected chi connectivity index (χ1v) is 7.94. The van der Waals surface area contributed by atoms with E-state index >= 15 is 0 Å². The molecule has 0 aromatic carbocycles. The van der Waals surface area contributed by atoms with Crippen molar-refractivity contribution in [2.75, 3.05) is 13.2 Å². The molecule has 0 atom stereocenters. The van der Waals surface area contributed by atoms with E-state index < -0.39 is 0 Å². The lowest BCUT2D eigenvalue weighted by Gasteiger charge is -2.15. The number of nitrogens with zero attached hydrogens (tertiary/aromatic N) is 1. The molecule has 0 spiro atoms. The van der Waals surface area contributed by atoms with Gasteiger partial charge in [-0.2, -0.15) is 0 Å². The minimum Gasteiger partial charge on any atom is -0.445 e. The maximum atomic E-state index is 11.5. The smallest absolute Gasteiger partial charge is 0.414 e. The molecule has 0 saturated heterocycles. The van der Waals surface area contributed by atoms with E-state index in [0.717, 1.165) is 12.2 Å². The Morgan fingerprint density at radius 2 is 2.56 bits per heavy atom. The molecule has 1 aliphatic rings. The summed E-state index contributed by atoms with van der Waals surface area (Å²) in [5.41, 5.74) is 0. The van der Waals surface area contributed by atoms with Crippen molar-refractivity contribution in [2.45, 2.75) is 6.42 Å². The highest BCUT2D eigenvalue weighted by molar-refractivity contribution is 14.2. The zero-order valence-electron chi connectivity index (χ0n) is 8.60. The Morgan fingerprint density at radius 3 is 3.25 bits per heavy atom. The number of allylic oxidation sites excluding steroid dienone is 1. The molecule has 1 amide bonds. The largest absolute Gasteiger partial charge is 0.445 e. The van der Waals surface area contributed by atoms with Crippen LogP contribution in [0.4, 0.5) is 4.79 Å². The lowest BCUT2D eigenvalue weighted by Crippen LogP contribution is -2.26. The van der Waals surface area contributed by atoms with Crippen molar-refractivity contribution in [1.82, 2.24) is 4.90 Å². The summed E-state index contributed by atoms with van der Waals surface area (Å²) in [7, 11) is 1.24. The molecule has 16 heavy (non-hydrogen) atoms. The molecule has 1 rings (SSSR count). The summed E-state index contributed by atoms with van der Waals surface area (Å²) in [5, 5.41) is 0. The summed E-state index contributed by atoms with van der Waals surface area (Å²) in [5.74, 6) is 0.749. The highest BCUT2D eigenvalue weighted by Gasteiger charge is 2.13. The van der Waals surface area contributed by atoms with Crippen LogP contribution in [0.1, 0.15) is 6.42 Å². The molecule has 0 aromatic heterocycles. The summed E-state index contributed by atoms with van der Waals surface area (Å²) in [6.45, 7) is 4.30. The van der Waals surface area contributed by atoms with Gasteiger partial charge in [0.15, 0.2) is 0 Å². The summed E-state index contributed by atoms with van der Waals surface area (Å²) < 4.78 is 10.2. The number of ether oxygens (including phenoxy) is 1. The fraction of sp³-hybridized carbons (Fsp3) is 0.300. The van der Waals surface area contributed by atoms with Gasteiger partial charge in [0, 0.05) is 34.0 Å². The molecule has 0 unspecified atom stereocenters. The Morgan fingerprint density at radius 1 is 1.75 bits per heavy atom. The summed E-state index contributed by atoms with van der Waals surface area (Å²) >= 11 is 2.04. The molecule has 0 saturated carbocycles. The molecule has 1 heterocycles. The van der Waals surface area contributed by atoms with E-state index in [2.05, 4.69) is 6.58 Å². The van der Waals surface area contributed by atoms with Crippen LogP contribution in [-0.4, -0.2) is 24.1 Å². The molecule has 0 N–H and O–H groups in total. The zero-order chi connectivity index (χ0) is 11.8. The van der Waals surface area contributed by atoms with Crippen LogP contribution < -0.4 is 0 Å². The molecule has 0 bridgehead atoms. The summed E-state index contributed by atoms with van der Waals surface area (Å²) in [4.78, 5) is 13.0. The summed E-state index contributed by atoms with van der Waals surface area (Å²) in [6, 6.07) is 0. The molecule has 4 nitrogen and oxygen atoms in total. The topological polar surface area (TPSA) is 38.8 Å². The molecular weight excluding hydrogens is 341 g/mol. The van der Waals surface area contributed by atoms with Crippen molar-refractivity contribution in [3.05, 3.63) is 36.8 Å². The van der Waals surface area contributed by atoms with Crippen molar-refractivity contribution in [3.8, 4) is 0 Å². The molecule has 0 aromatic rings. The predicted molar refractivity (Wildman–Crippen MR) is 72.8 cm³/mol. The second-order valence-corrected chi connectivity index (χ2v) is 4.29. The van der Waals surface area contributed by atoms with Crippen LogP contribution in [0.25, 0.3) is 0 Å². The van der Waals surface area contributed by atoms with Gasteiger partial charge in [-0.3, -0.25) is 4.90 Å². The normalized spacial score (nSPS) is 15.1. The second kappa shape index (κ2) is 7.61. The third-order valence-corrected chi connectivity index (χ3v) is 2.62. The van der Waals surface area contributed by atoms with Crippen LogP contribution in [0, 0.1) is 0 Å². The van der Waals surface area contributed by atoms with Gasteiger partial charge < -0.3 is 8.92 Å². The number of carbonyl (C=O) groups is 1. The van der Waals surface area contributed by atoms with Crippen LogP contribution in [0.15, 0.2) is 36.8 Å². The maximum Gasteiger partial charge on any atom is 0.414 e. The predicted octanol–water partition coefficient (Wildman–Crippen LogP) is 3.43. The van der Waals surface area contributed by atoms with Crippen LogP contribution in [-0.2, 0) is 8.92 Å². The van der Waals surface area contributed by atoms with Gasteiger partial charge in [0.1, 0.15) is 21.6 Å². The molecule has 0 fully saturated rings. The van der Waals surface area contributed by atoms with Crippen LogP contribution in [0.5, 0.6) is 0 Å². The minimum absolute atomic E-state index is 0.226. The van der Waals surface area contributed by atoms with E-state index in [-0.39, 0.29) is 12.7 Å². The average molecular weight is 353 g/mol. The van der Waals surface area contributed by atoms with Crippen LogP contribution in [0.3, 0.4) is 0 Å². The lowest BCUT2D eigenvalue weighted by molar-refractivity contribution is 0.128. The van der Waals surface area contributed by atoms with Gasteiger partial charge in [0.2, 0.25) is 0 Å². The molecule has 1 aliphatic heterocycles. The van der Waals surface area contributed by atoms with Gasteiger partial charge in [0.05, 0.1) is 0 Å². The van der Waals surface area contributed by atoms with Crippen molar-refractivity contribution < 1.29 is 13.7 Å². The second-order valence-electron chi connectivity index (χ2n) is 2.92. The van der Waals surface area contributed by atoms with E-state index in [9.17, 15) is 4.79 Å². The fourth-order valence-corrected chi connectivity index (χ4v) is 1.93. The monoisotopic (exact) mass is 353 g/mol. The van der Waals surface area contributed by atoms with Gasteiger partial charge in [-0.1, -0.05) is 12.7 Å². The first-order valence-electron chi connectivity index (χ1n) is 4.66. The Labute approximate surface area is 111 Å². The first-order chi connectivity index (χ1) is 7.77. The van der Waals surface area contributed by atoms with Crippen LogP contribution in [0.2, 0.25) is 0 Å². The third-order valence-electron chi connectivity index (χ3n) is 1.82. The zero-order valence-corrected chi connectivity index (χ0v) is 11.6. The van der Waals surface area contributed by atoms with Crippen LogP contribution >= 0.6 is 30.4 Å². The highest BCUT2D eigenvalue weighted by Crippen LogP contribution is 2.20. The van der Waals surface area contributed by atoms with Crippen molar-refractivity contribution in [3.63, 3.8) is 0 Å². The summed E-state index contributed by atoms with van der Waals surface area (Å²) in [6.07, 6.45) is 7.25. The Bertz CT molecular complexity index is 317. The Balaban J connectivity index is 2.50. The van der Waals surface area contributed by atoms with Gasteiger partial charge in [-0.25, -0.2) is 4.79 Å². The number of hydrogen-bond acceptors (Lipinski definition) is 4. The van der Waals surface area contributed by atoms with E-state index in [1.54, 1.807) is 18.4 Å². The standard InChI is InChI=1S/C10H12INO3S/c1-2-8-14-10(13)12-6-3-4-9(5-7-12)15-16-11/h2,4-5,7H,1,3,6,8H2. The molecule has 0 aliphatic carbocycles. The number of rotatable bonds is 4. The molecular formula is C10H12INO3S. The highest BCUT2D eigenvalue weighted by atomic mass is 127. The minimum atomic E-state index is -0.368. The van der Waals surface area contributed by atoms with Crippen molar-refractivity contribution in [1.29, 1.82) is 0 Å². The van der Waals surface area contributed by atoms with Gasteiger partial charge in [-0.15, -0.1) is 0 Å². The van der Waals surface area contributed by atoms with Crippen molar-refractivity contribution in [2.24, 2.45) is 0 Å². The third kappa shape index (κ3) is 4.48. The maximum absolute atomic E-state index is 11.5. The van der Waals surface area contributed by atoms with Gasteiger partial charge in [0.25, 0.3) is 0 Å². The molecule has 0 radical (unpaired) electrons. The first kappa shape index (κ1) is 13.4. The Hall–Kier alpha value is -0.630.